The van der Waals surface area contributed by atoms with Gasteiger partial charge in [0.05, 0.1) is 4.90 Å². The quantitative estimate of drug-likeness (QED) is 0.425. The number of piperidine rings is 1. The van der Waals surface area contributed by atoms with E-state index in [-0.39, 0.29) is 10.8 Å². The number of hydrogen-bond acceptors (Lipinski definition) is 6. The molecule has 4 rings (SSSR count). The monoisotopic (exact) mass is 491 g/mol. The molecule has 33 heavy (non-hydrogen) atoms. The fourth-order valence-electron chi connectivity index (χ4n) is 4.75. The van der Waals surface area contributed by atoms with Crippen molar-refractivity contribution in [3.8, 4) is 0 Å². The first kappa shape index (κ1) is 24.2. The summed E-state index contributed by atoms with van der Waals surface area (Å²) in [5.74, 6) is 0.725. The molecule has 0 atom stereocenters. The van der Waals surface area contributed by atoms with Crippen LogP contribution in [0.1, 0.15) is 73.6 Å². The highest BCUT2D eigenvalue weighted by atomic mass is 32.2. The number of hydrogen-bond donors (Lipinski definition) is 1. The van der Waals surface area contributed by atoms with Gasteiger partial charge in [-0.15, -0.1) is 10.2 Å². The topological polar surface area (TPSA) is 97.2 Å². The minimum absolute atomic E-state index is 0.186. The standard InChI is InChI=1S/C23H33N5O3S2/c1-32-23-26-25-21(28(23)19-10-3-4-11-19)13-8-14-24-22(29)18-9-7-12-20(17-18)33(30,31)27-15-5-2-6-16-27/h7,9,12,17,19H,2-6,8,10-11,13-16H2,1H3,(H,24,29). The number of carbonyl (C=O) groups excluding carboxylic acids is 1. The van der Waals surface area contributed by atoms with Crippen molar-refractivity contribution in [3.05, 3.63) is 35.7 Å². The number of nitrogens with one attached hydrogen (secondary N) is 1. The van der Waals surface area contributed by atoms with E-state index in [2.05, 4.69) is 20.1 Å². The Morgan fingerprint density at radius 2 is 1.88 bits per heavy atom. The molecule has 0 spiro atoms. The number of aryl methyl sites for hydroxylation is 1. The molecule has 180 valence electrons. The first-order valence-corrected chi connectivity index (χ1v) is 14.5. The minimum Gasteiger partial charge on any atom is -0.352 e. The maximum Gasteiger partial charge on any atom is 0.251 e. The largest absolute Gasteiger partial charge is 0.352 e. The summed E-state index contributed by atoms with van der Waals surface area (Å²) in [6, 6.07) is 6.84. The number of rotatable bonds is 9. The molecule has 1 aliphatic heterocycles. The van der Waals surface area contributed by atoms with Crippen LogP contribution in [0, 0.1) is 0 Å². The van der Waals surface area contributed by atoms with E-state index in [0.717, 1.165) is 43.1 Å². The van der Waals surface area contributed by atoms with Crippen molar-refractivity contribution in [2.24, 2.45) is 0 Å². The highest BCUT2D eigenvalue weighted by Crippen LogP contribution is 2.33. The third-order valence-corrected chi connectivity index (χ3v) is 9.06. The fraction of sp³-hybridized carbons (Fsp3) is 0.609. The predicted octanol–water partition coefficient (Wildman–Crippen LogP) is 3.65. The van der Waals surface area contributed by atoms with Crippen molar-refractivity contribution in [2.45, 2.75) is 73.9 Å². The van der Waals surface area contributed by atoms with Crippen molar-refractivity contribution < 1.29 is 13.2 Å². The summed E-state index contributed by atoms with van der Waals surface area (Å²) in [6.45, 7) is 1.58. The van der Waals surface area contributed by atoms with Gasteiger partial charge in [-0.05, 0) is 56.6 Å². The van der Waals surface area contributed by atoms with E-state index in [1.807, 2.05) is 6.26 Å². The summed E-state index contributed by atoms with van der Waals surface area (Å²) >= 11 is 1.62. The van der Waals surface area contributed by atoms with Crippen molar-refractivity contribution in [2.75, 3.05) is 25.9 Å². The van der Waals surface area contributed by atoms with Crippen LogP contribution >= 0.6 is 11.8 Å². The molecule has 1 aliphatic carbocycles. The molecule has 1 saturated heterocycles. The van der Waals surface area contributed by atoms with Crippen LogP contribution in [0.3, 0.4) is 0 Å². The van der Waals surface area contributed by atoms with Crippen LogP contribution < -0.4 is 5.32 Å². The Hall–Kier alpha value is -1.91. The van der Waals surface area contributed by atoms with E-state index >= 15 is 0 Å². The van der Waals surface area contributed by atoms with Gasteiger partial charge in [-0.2, -0.15) is 4.31 Å². The smallest absolute Gasteiger partial charge is 0.251 e. The Morgan fingerprint density at radius 1 is 1.12 bits per heavy atom. The zero-order chi connectivity index (χ0) is 23.3. The second kappa shape index (κ2) is 11.0. The fourth-order valence-corrected chi connectivity index (χ4v) is 6.89. The lowest BCUT2D eigenvalue weighted by molar-refractivity contribution is 0.0953. The van der Waals surface area contributed by atoms with Crippen molar-refractivity contribution in [1.82, 2.24) is 24.4 Å². The Kier molecular flexibility index (Phi) is 8.08. The Labute approximate surface area is 200 Å². The maximum atomic E-state index is 12.9. The highest BCUT2D eigenvalue weighted by molar-refractivity contribution is 7.98. The van der Waals surface area contributed by atoms with Crippen LogP contribution in [-0.2, 0) is 16.4 Å². The normalized spacial score (nSPS) is 18.0. The van der Waals surface area contributed by atoms with Gasteiger partial charge >= 0.3 is 0 Å². The first-order chi connectivity index (χ1) is 16.0. The average Bonchev–Trinajstić information content (AvgIpc) is 3.52. The van der Waals surface area contributed by atoms with Gasteiger partial charge in [0, 0.05) is 37.7 Å². The van der Waals surface area contributed by atoms with Gasteiger partial charge in [-0.3, -0.25) is 4.79 Å². The van der Waals surface area contributed by atoms with Crippen LogP contribution in [0.25, 0.3) is 0 Å². The lowest BCUT2D eigenvalue weighted by atomic mass is 10.2. The number of carbonyl (C=O) groups is 1. The molecule has 0 bridgehead atoms. The van der Waals surface area contributed by atoms with Gasteiger partial charge in [0.1, 0.15) is 5.82 Å². The van der Waals surface area contributed by atoms with E-state index in [0.29, 0.717) is 31.2 Å². The second-order valence-corrected chi connectivity index (χ2v) is 11.5. The molecule has 1 aromatic carbocycles. The lowest BCUT2D eigenvalue weighted by Gasteiger charge is -2.26. The molecule has 0 radical (unpaired) electrons. The van der Waals surface area contributed by atoms with Gasteiger partial charge in [0.25, 0.3) is 5.91 Å². The molecule has 1 aromatic heterocycles. The molecular formula is C23H33N5O3S2. The number of benzene rings is 1. The van der Waals surface area contributed by atoms with E-state index in [4.69, 9.17) is 0 Å². The summed E-state index contributed by atoms with van der Waals surface area (Å²) in [7, 11) is -3.56. The lowest BCUT2D eigenvalue weighted by Crippen LogP contribution is -2.35. The molecule has 1 amide bonds. The van der Waals surface area contributed by atoms with E-state index in [9.17, 15) is 13.2 Å². The van der Waals surface area contributed by atoms with Crippen LogP contribution in [-0.4, -0.2) is 59.3 Å². The molecule has 2 fully saturated rings. The first-order valence-electron chi connectivity index (χ1n) is 11.9. The molecular weight excluding hydrogens is 458 g/mol. The number of sulfonamides is 1. The zero-order valence-electron chi connectivity index (χ0n) is 19.2. The summed E-state index contributed by atoms with van der Waals surface area (Å²) in [4.78, 5) is 12.9. The van der Waals surface area contributed by atoms with Gasteiger partial charge in [0.15, 0.2) is 5.16 Å². The van der Waals surface area contributed by atoms with Gasteiger partial charge < -0.3 is 9.88 Å². The van der Waals surface area contributed by atoms with E-state index in [1.165, 1.54) is 36.1 Å². The Morgan fingerprint density at radius 3 is 2.61 bits per heavy atom. The van der Waals surface area contributed by atoms with Crippen LogP contribution in [0.2, 0.25) is 0 Å². The predicted molar refractivity (Wildman–Crippen MR) is 129 cm³/mol. The SMILES string of the molecule is CSc1nnc(CCCNC(=O)c2cccc(S(=O)(=O)N3CCCCC3)c2)n1C1CCCC1. The summed E-state index contributed by atoms with van der Waals surface area (Å²) in [6.07, 6.45) is 11.2. The average molecular weight is 492 g/mol. The van der Waals surface area contributed by atoms with Gasteiger partial charge in [-0.25, -0.2) is 8.42 Å². The number of amides is 1. The van der Waals surface area contributed by atoms with E-state index in [1.54, 1.807) is 30.0 Å². The van der Waals surface area contributed by atoms with Crippen molar-refractivity contribution in [1.29, 1.82) is 0 Å². The summed E-state index contributed by atoms with van der Waals surface area (Å²) in [5.41, 5.74) is 0.367. The zero-order valence-corrected chi connectivity index (χ0v) is 20.8. The highest BCUT2D eigenvalue weighted by Gasteiger charge is 2.27. The molecule has 0 unspecified atom stereocenters. The number of thioether (sulfide) groups is 1. The van der Waals surface area contributed by atoms with Crippen LogP contribution in [0.4, 0.5) is 0 Å². The maximum absolute atomic E-state index is 12.9. The molecule has 8 nitrogen and oxygen atoms in total. The number of aromatic nitrogens is 3. The summed E-state index contributed by atoms with van der Waals surface area (Å²) < 4.78 is 29.7. The molecule has 2 aromatic rings. The minimum atomic E-state index is -3.56. The molecule has 10 heteroatoms. The molecule has 2 heterocycles. The molecule has 2 aliphatic rings. The van der Waals surface area contributed by atoms with Crippen LogP contribution in [0.15, 0.2) is 34.3 Å². The molecule has 1 N–H and O–H groups in total. The van der Waals surface area contributed by atoms with E-state index < -0.39 is 10.0 Å². The van der Waals surface area contributed by atoms with Gasteiger partial charge in [0.2, 0.25) is 10.0 Å². The van der Waals surface area contributed by atoms with Crippen molar-refractivity contribution >= 4 is 27.7 Å². The Balaban J connectivity index is 1.34. The molecule has 1 saturated carbocycles. The second-order valence-electron chi connectivity index (χ2n) is 8.76. The van der Waals surface area contributed by atoms with Crippen LogP contribution in [0.5, 0.6) is 0 Å². The van der Waals surface area contributed by atoms with Gasteiger partial charge in [-0.1, -0.05) is 37.1 Å². The third kappa shape index (κ3) is 5.60. The third-order valence-electron chi connectivity index (χ3n) is 6.52. The number of nitrogens with zero attached hydrogens (tertiary/aromatic N) is 4. The summed E-state index contributed by atoms with van der Waals surface area (Å²) in [5, 5.41) is 12.6. The van der Waals surface area contributed by atoms with Crippen molar-refractivity contribution in [3.63, 3.8) is 0 Å². The Bertz CT molecular complexity index is 1060.